The van der Waals surface area contributed by atoms with Crippen LogP contribution in [0.5, 0.6) is 0 Å². The molecule has 0 amide bonds. The zero-order valence-corrected chi connectivity index (χ0v) is 9.37. The summed E-state index contributed by atoms with van der Waals surface area (Å²) in [6.07, 6.45) is 2.69. The van der Waals surface area contributed by atoms with E-state index in [1.807, 2.05) is 0 Å². The molecule has 0 bridgehead atoms. The van der Waals surface area contributed by atoms with E-state index in [1.165, 1.54) is 18.1 Å². The summed E-state index contributed by atoms with van der Waals surface area (Å²) < 4.78 is 0. The van der Waals surface area contributed by atoms with Crippen molar-refractivity contribution in [2.24, 2.45) is 0 Å². The normalized spacial score (nSPS) is 10.3. The Hall–Kier alpha value is 1.52. The average Bonchev–Trinajstić information content (AvgIpc) is 1.61. The standard InChI is InChI=1S/C4H9AsBr2/c1-2-3-4-5(6)7/h2-4H2,1H3. The van der Waals surface area contributed by atoms with Gasteiger partial charge in [-0.05, 0) is 0 Å². The molecule has 0 heterocycles. The second kappa shape index (κ2) is 5.65. The van der Waals surface area contributed by atoms with E-state index in [4.69, 9.17) is 0 Å². The molecule has 0 aromatic carbocycles. The first kappa shape index (κ1) is 8.52. The predicted molar refractivity (Wildman–Crippen MR) is 43.3 cm³/mol. The maximum absolute atomic E-state index is 3.54. The summed E-state index contributed by atoms with van der Waals surface area (Å²) >= 11 is 7.08. The van der Waals surface area contributed by atoms with E-state index in [-0.39, 0.29) is 0 Å². The van der Waals surface area contributed by atoms with Crippen LogP contribution in [0.2, 0.25) is 5.21 Å². The summed E-state index contributed by atoms with van der Waals surface area (Å²) in [6, 6.07) is 0. The van der Waals surface area contributed by atoms with Crippen LogP contribution in [0.4, 0.5) is 0 Å². The summed E-state index contributed by atoms with van der Waals surface area (Å²) in [7, 11) is -0.618. The molecule has 0 nitrogen and oxygen atoms in total. The van der Waals surface area contributed by atoms with Gasteiger partial charge in [-0.1, -0.05) is 0 Å². The molecule has 0 aliphatic rings. The second-order valence-electron chi connectivity index (χ2n) is 1.38. The number of hydrogen-bond donors (Lipinski definition) is 0. The molecular weight excluding hydrogens is 283 g/mol. The third kappa shape index (κ3) is 7.52. The van der Waals surface area contributed by atoms with Gasteiger partial charge in [-0.25, -0.2) is 0 Å². The molecule has 0 fully saturated rings. The van der Waals surface area contributed by atoms with Gasteiger partial charge < -0.3 is 0 Å². The molecular formula is C4H9AsBr2. The van der Waals surface area contributed by atoms with Gasteiger partial charge in [0.2, 0.25) is 0 Å². The van der Waals surface area contributed by atoms with Crippen LogP contribution in [0.25, 0.3) is 0 Å². The molecule has 44 valence electrons. The monoisotopic (exact) mass is 290 g/mol. The minimum absolute atomic E-state index is 0.618. The molecule has 0 aromatic heterocycles. The number of rotatable bonds is 3. The second-order valence-corrected chi connectivity index (χ2v) is 17.4. The Morgan fingerprint density at radius 2 is 2.00 bits per heavy atom. The van der Waals surface area contributed by atoms with E-state index in [9.17, 15) is 0 Å². The van der Waals surface area contributed by atoms with Crippen LogP contribution in [0.3, 0.4) is 0 Å². The first-order chi connectivity index (χ1) is 3.27. The van der Waals surface area contributed by atoms with Crippen molar-refractivity contribution >= 4 is 38.8 Å². The average molecular weight is 292 g/mol. The molecule has 0 rings (SSSR count). The van der Waals surface area contributed by atoms with Gasteiger partial charge in [0.1, 0.15) is 0 Å². The van der Waals surface area contributed by atoms with E-state index in [0.29, 0.717) is 0 Å². The molecule has 0 saturated carbocycles. The molecule has 0 aliphatic heterocycles. The van der Waals surface area contributed by atoms with Crippen molar-refractivity contribution in [3.05, 3.63) is 0 Å². The Labute approximate surface area is 63.5 Å². The fraction of sp³-hybridized carbons (Fsp3) is 1.00. The van der Waals surface area contributed by atoms with Crippen LogP contribution in [0, 0.1) is 0 Å². The molecule has 3 heteroatoms. The molecule has 0 spiro atoms. The van der Waals surface area contributed by atoms with Gasteiger partial charge in [0.25, 0.3) is 0 Å². The Kier molecular flexibility index (Phi) is 6.88. The van der Waals surface area contributed by atoms with Crippen molar-refractivity contribution in [1.29, 1.82) is 0 Å². The van der Waals surface area contributed by atoms with Gasteiger partial charge in [-0.15, -0.1) is 0 Å². The van der Waals surface area contributed by atoms with Gasteiger partial charge in [0.05, 0.1) is 0 Å². The predicted octanol–water partition coefficient (Wildman–Crippen LogP) is 3.06. The van der Waals surface area contributed by atoms with Crippen LogP contribution in [-0.2, 0) is 0 Å². The molecule has 0 atom stereocenters. The molecule has 0 unspecified atom stereocenters. The van der Waals surface area contributed by atoms with Crippen LogP contribution < -0.4 is 0 Å². The molecule has 7 heavy (non-hydrogen) atoms. The van der Waals surface area contributed by atoms with Gasteiger partial charge in [0.15, 0.2) is 0 Å². The van der Waals surface area contributed by atoms with E-state index in [2.05, 4.69) is 34.8 Å². The number of halogens is 2. The summed E-state index contributed by atoms with van der Waals surface area (Å²) in [5.41, 5.74) is 0. The molecule has 0 N–H and O–H groups in total. The first-order valence-corrected chi connectivity index (χ1v) is 12.5. The summed E-state index contributed by atoms with van der Waals surface area (Å²) in [6.45, 7) is 2.22. The summed E-state index contributed by atoms with van der Waals surface area (Å²) in [4.78, 5) is 0. The van der Waals surface area contributed by atoms with Crippen LogP contribution in [0.15, 0.2) is 0 Å². The van der Waals surface area contributed by atoms with Gasteiger partial charge in [-0.3, -0.25) is 0 Å². The van der Waals surface area contributed by atoms with Crippen molar-refractivity contribution in [3.8, 4) is 0 Å². The Morgan fingerprint density at radius 1 is 1.43 bits per heavy atom. The maximum atomic E-state index is 3.54. The Balaban J connectivity index is 2.68. The van der Waals surface area contributed by atoms with E-state index < -0.39 is 10.9 Å². The zero-order chi connectivity index (χ0) is 5.70. The van der Waals surface area contributed by atoms with E-state index in [0.717, 1.165) is 0 Å². The van der Waals surface area contributed by atoms with Gasteiger partial charge >= 0.3 is 63.8 Å². The fourth-order valence-electron chi connectivity index (χ4n) is 0.278. The Bertz CT molecular complexity index is 38.7. The fourth-order valence-corrected chi connectivity index (χ4v) is 4.05. The quantitative estimate of drug-likeness (QED) is 0.701. The van der Waals surface area contributed by atoms with E-state index >= 15 is 0 Å². The SMILES string of the molecule is CCCC[As](Br)Br. The van der Waals surface area contributed by atoms with Crippen LogP contribution in [0.1, 0.15) is 19.8 Å². The summed E-state index contributed by atoms with van der Waals surface area (Å²) in [5.74, 6) is 0. The third-order valence-corrected chi connectivity index (χ3v) is 5.74. The van der Waals surface area contributed by atoms with E-state index in [1.54, 1.807) is 0 Å². The van der Waals surface area contributed by atoms with Crippen molar-refractivity contribution in [2.75, 3.05) is 0 Å². The van der Waals surface area contributed by atoms with Crippen LogP contribution in [-0.4, -0.2) is 10.9 Å². The zero-order valence-electron chi connectivity index (χ0n) is 4.32. The molecule has 0 radical (unpaired) electrons. The summed E-state index contributed by atoms with van der Waals surface area (Å²) in [5, 5.41) is 1.38. The minimum atomic E-state index is -0.618. The number of unbranched alkanes of at least 4 members (excludes halogenated alkanes) is 1. The van der Waals surface area contributed by atoms with Gasteiger partial charge in [0, 0.05) is 0 Å². The molecule has 0 aromatic rings. The Morgan fingerprint density at radius 3 is 2.14 bits per heavy atom. The van der Waals surface area contributed by atoms with Crippen molar-refractivity contribution in [3.63, 3.8) is 0 Å². The van der Waals surface area contributed by atoms with Crippen molar-refractivity contribution in [1.82, 2.24) is 0 Å². The van der Waals surface area contributed by atoms with Gasteiger partial charge in [-0.2, -0.15) is 0 Å². The first-order valence-electron chi connectivity index (χ1n) is 2.36. The third-order valence-electron chi connectivity index (χ3n) is 0.681. The van der Waals surface area contributed by atoms with Crippen molar-refractivity contribution < 1.29 is 0 Å². The number of hydrogen-bond acceptors (Lipinski definition) is 0. The van der Waals surface area contributed by atoms with Crippen LogP contribution >= 0.6 is 27.9 Å². The topological polar surface area (TPSA) is 0 Å². The van der Waals surface area contributed by atoms with Crippen molar-refractivity contribution in [2.45, 2.75) is 25.0 Å². The molecule has 0 saturated heterocycles. The molecule has 0 aliphatic carbocycles.